The molecule has 1 aliphatic heterocycles. The van der Waals surface area contributed by atoms with Crippen LogP contribution in [0.4, 0.5) is 13.2 Å². The number of alkyl halides is 3. The van der Waals surface area contributed by atoms with Crippen LogP contribution >= 0.6 is 0 Å². The molecule has 0 spiro atoms. The zero-order valence-corrected chi connectivity index (χ0v) is 16.2. The Morgan fingerprint density at radius 3 is 2.55 bits per heavy atom. The Balaban J connectivity index is 1.67. The van der Waals surface area contributed by atoms with E-state index in [4.69, 9.17) is 4.42 Å². The number of aromatic nitrogens is 2. The summed E-state index contributed by atoms with van der Waals surface area (Å²) in [4.78, 5) is 20.3. The van der Waals surface area contributed by atoms with Crippen molar-refractivity contribution in [1.29, 1.82) is 0 Å². The van der Waals surface area contributed by atoms with Gasteiger partial charge in [-0.3, -0.25) is 9.48 Å². The summed E-state index contributed by atoms with van der Waals surface area (Å²) in [7, 11) is 1.45. The zero-order chi connectivity index (χ0) is 21.0. The van der Waals surface area contributed by atoms with E-state index in [-0.39, 0.29) is 23.8 Å². The minimum Gasteiger partial charge on any atom is -0.459 e. The lowest BCUT2D eigenvalue weighted by Crippen LogP contribution is -2.53. The zero-order valence-electron chi connectivity index (χ0n) is 16.2. The molecule has 1 amide bonds. The Morgan fingerprint density at radius 1 is 1.28 bits per heavy atom. The fraction of sp³-hybridized carbons (Fsp3) is 0.500. The van der Waals surface area contributed by atoms with Gasteiger partial charge in [-0.05, 0) is 19.1 Å². The molecule has 0 saturated carbocycles. The van der Waals surface area contributed by atoms with E-state index in [1.807, 2.05) is 11.8 Å². The third-order valence-electron chi connectivity index (χ3n) is 4.51. The summed E-state index contributed by atoms with van der Waals surface area (Å²) >= 11 is 0. The smallest absolute Gasteiger partial charge is 0.435 e. The average molecular weight is 412 g/mol. The second-order valence-electron chi connectivity index (χ2n) is 6.60. The van der Waals surface area contributed by atoms with Gasteiger partial charge in [0.05, 0.1) is 12.8 Å². The van der Waals surface area contributed by atoms with Gasteiger partial charge in [-0.2, -0.15) is 18.3 Å². The molecule has 1 aliphatic rings. The molecule has 1 saturated heterocycles. The van der Waals surface area contributed by atoms with Crippen LogP contribution < -0.4 is 5.32 Å². The summed E-state index contributed by atoms with van der Waals surface area (Å²) in [6.45, 7) is 4.27. The normalized spacial score (nSPS) is 15.7. The van der Waals surface area contributed by atoms with Crippen LogP contribution in [-0.4, -0.2) is 64.2 Å². The molecule has 158 valence electrons. The molecule has 29 heavy (non-hydrogen) atoms. The third kappa shape index (κ3) is 4.90. The van der Waals surface area contributed by atoms with Gasteiger partial charge in [-0.25, -0.2) is 4.99 Å². The van der Waals surface area contributed by atoms with Gasteiger partial charge >= 0.3 is 6.18 Å². The maximum Gasteiger partial charge on any atom is 0.435 e. The molecule has 3 heterocycles. The van der Waals surface area contributed by atoms with Crippen LogP contribution in [-0.2, 0) is 19.8 Å². The minimum atomic E-state index is -4.53. The van der Waals surface area contributed by atoms with E-state index in [2.05, 4.69) is 15.4 Å². The van der Waals surface area contributed by atoms with Crippen LogP contribution in [0.5, 0.6) is 0 Å². The number of carbonyl (C=O) groups is 1. The molecule has 0 radical (unpaired) electrons. The maximum atomic E-state index is 13.1. The number of nitrogens with one attached hydrogen (secondary N) is 1. The van der Waals surface area contributed by atoms with Crippen molar-refractivity contribution in [3.05, 3.63) is 41.6 Å². The number of nitrogens with zero attached hydrogens (tertiary/aromatic N) is 5. The molecule has 0 atom stereocenters. The number of hydrogen-bond donors (Lipinski definition) is 1. The number of hydrogen-bond acceptors (Lipinski definition) is 4. The van der Waals surface area contributed by atoms with Crippen molar-refractivity contribution in [2.45, 2.75) is 19.6 Å². The van der Waals surface area contributed by atoms with Crippen molar-refractivity contribution >= 4 is 11.9 Å². The molecule has 0 aromatic carbocycles. The molecule has 1 N–H and O–H groups in total. The first kappa shape index (κ1) is 20.7. The van der Waals surface area contributed by atoms with Gasteiger partial charge < -0.3 is 19.5 Å². The summed E-state index contributed by atoms with van der Waals surface area (Å²) in [6.07, 6.45) is -1.74. The van der Waals surface area contributed by atoms with Crippen molar-refractivity contribution in [3.8, 4) is 0 Å². The highest BCUT2D eigenvalue weighted by molar-refractivity contribution is 5.91. The van der Waals surface area contributed by atoms with Gasteiger partial charge in [0.2, 0.25) is 0 Å². The van der Waals surface area contributed by atoms with E-state index in [1.165, 1.54) is 19.5 Å². The first-order valence-corrected chi connectivity index (χ1v) is 9.25. The Hall–Kier alpha value is -2.98. The average Bonchev–Trinajstić information content (AvgIpc) is 3.34. The predicted octanol–water partition coefficient (Wildman–Crippen LogP) is 1.96. The molecule has 3 rings (SSSR count). The summed E-state index contributed by atoms with van der Waals surface area (Å²) in [5, 5.41) is 6.61. The molecule has 0 aliphatic carbocycles. The first-order valence-electron chi connectivity index (χ1n) is 9.25. The molecule has 2 aromatic heterocycles. The topological polar surface area (TPSA) is 78.9 Å². The third-order valence-corrected chi connectivity index (χ3v) is 4.51. The van der Waals surface area contributed by atoms with Crippen molar-refractivity contribution in [3.63, 3.8) is 0 Å². The molecular formula is C18H23F3N6O2. The van der Waals surface area contributed by atoms with Gasteiger partial charge in [0.15, 0.2) is 17.4 Å². The number of furan rings is 1. The van der Waals surface area contributed by atoms with Gasteiger partial charge in [-0.15, -0.1) is 0 Å². The van der Waals surface area contributed by atoms with E-state index in [0.29, 0.717) is 38.7 Å². The lowest BCUT2D eigenvalue weighted by molar-refractivity contribution is -0.142. The van der Waals surface area contributed by atoms with E-state index in [1.54, 1.807) is 17.0 Å². The van der Waals surface area contributed by atoms with Crippen molar-refractivity contribution < 1.29 is 22.4 Å². The van der Waals surface area contributed by atoms with Crippen LogP contribution in [0.3, 0.4) is 0 Å². The highest BCUT2D eigenvalue weighted by Gasteiger charge is 2.36. The number of aryl methyl sites for hydroxylation is 1. The number of aliphatic imine (C=N–C) groups is 1. The van der Waals surface area contributed by atoms with E-state index < -0.39 is 11.9 Å². The lowest BCUT2D eigenvalue weighted by Gasteiger charge is -2.36. The number of guanidine groups is 1. The van der Waals surface area contributed by atoms with Crippen LogP contribution in [0.2, 0.25) is 0 Å². The minimum absolute atomic E-state index is 0.0158. The fourth-order valence-corrected chi connectivity index (χ4v) is 3.16. The van der Waals surface area contributed by atoms with Gasteiger partial charge in [0.1, 0.15) is 0 Å². The van der Waals surface area contributed by atoms with Crippen molar-refractivity contribution in [2.24, 2.45) is 12.0 Å². The van der Waals surface area contributed by atoms with Gasteiger partial charge in [-0.1, -0.05) is 0 Å². The fourth-order valence-electron chi connectivity index (χ4n) is 3.16. The number of piperazine rings is 1. The van der Waals surface area contributed by atoms with E-state index in [9.17, 15) is 18.0 Å². The number of halogens is 3. The van der Waals surface area contributed by atoms with E-state index in [0.717, 1.165) is 4.68 Å². The number of amides is 1. The second kappa shape index (κ2) is 8.58. The molecule has 8 nitrogen and oxygen atoms in total. The van der Waals surface area contributed by atoms with Crippen LogP contribution in [0.15, 0.2) is 34.0 Å². The van der Waals surface area contributed by atoms with Crippen LogP contribution in [0.1, 0.15) is 28.7 Å². The lowest BCUT2D eigenvalue weighted by atomic mass is 10.2. The molecule has 1 fully saturated rings. The van der Waals surface area contributed by atoms with Crippen molar-refractivity contribution in [1.82, 2.24) is 24.9 Å². The van der Waals surface area contributed by atoms with Crippen molar-refractivity contribution in [2.75, 3.05) is 32.7 Å². The highest BCUT2D eigenvalue weighted by atomic mass is 19.4. The first-order chi connectivity index (χ1) is 13.8. The molecule has 11 heteroatoms. The molecule has 2 aromatic rings. The number of rotatable bonds is 4. The Labute approximate surface area is 166 Å². The predicted molar refractivity (Wildman–Crippen MR) is 99.2 cm³/mol. The summed E-state index contributed by atoms with van der Waals surface area (Å²) < 4.78 is 45.7. The van der Waals surface area contributed by atoms with Crippen LogP contribution in [0, 0.1) is 0 Å². The maximum absolute atomic E-state index is 13.1. The summed E-state index contributed by atoms with van der Waals surface area (Å²) in [5.74, 6) is 0.617. The van der Waals surface area contributed by atoms with E-state index >= 15 is 0 Å². The summed E-state index contributed by atoms with van der Waals surface area (Å²) in [6, 6.07) is 3.28. The Bertz CT molecular complexity index is 852. The molecule has 0 bridgehead atoms. The molecule has 0 unspecified atom stereocenters. The highest BCUT2D eigenvalue weighted by Crippen LogP contribution is 2.30. The van der Waals surface area contributed by atoms with Gasteiger partial charge in [0.25, 0.3) is 5.91 Å². The Kier molecular flexibility index (Phi) is 6.14. The SMILES string of the molecule is CCNC(=NCc1cn(C)nc1C(F)(F)F)N1CCN(C(=O)c2ccco2)CC1. The quantitative estimate of drug-likeness (QED) is 0.614. The largest absolute Gasteiger partial charge is 0.459 e. The summed E-state index contributed by atoms with van der Waals surface area (Å²) in [5.41, 5.74) is -0.907. The second-order valence-corrected chi connectivity index (χ2v) is 6.60. The monoisotopic (exact) mass is 412 g/mol. The Morgan fingerprint density at radius 2 is 1.97 bits per heavy atom. The standard InChI is InChI=1S/C18H23F3N6O2/c1-3-22-17(23-11-13-12-25(2)24-15(13)18(19,20)21)27-8-6-26(7-9-27)16(28)14-5-4-10-29-14/h4-5,10,12H,3,6-9,11H2,1-2H3,(H,22,23). The van der Waals surface area contributed by atoms with Crippen LogP contribution in [0.25, 0.3) is 0 Å². The molecular weight excluding hydrogens is 389 g/mol. The number of carbonyl (C=O) groups excluding carboxylic acids is 1. The van der Waals surface area contributed by atoms with Gasteiger partial charge in [0, 0.05) is 51.5 Å².